The highest BCUT2D eigenvalue weighted by molar-refractivity contribution is 7.18. The van der Waals surface area contributed by atoms with E-state index in [1.165, 1.54) is 4.88 Å². The Bertz CT molecular complexity index is 1180. The zero-order chi connectivity index (χ0) is 19.1. The molecule has 3 aromatic heterocycles. The van der Waals surface area contributed by atoms with Crippen molar-refractivity contribution in [3.8, 4) is 0 Å². The van der Waals surface area contributed by atoms with Crippen LogP contribution < -0.4 is 10.6 Å². The van der Waals surface area contributed by atoms with E-state index in [-0.39, 0.29) is 12.5 Å². The molecule has 1 amide bonds. The van der Waals surface area contributed by atoms with Crippen LogP contribution in [0.15, 0.2) is 22.6 Å². The van der Waals surface area contributed by atoms with Crippen LogP contribution in [0.4, 0.5) is 11.5 Å². The molecule has 4 rings (SSSR count). The fraction of sp³-hybridized carbons (Fsp3) is 0.263. The van der Waals surface area contributed by atoms with Gasteiger partial charge in [0.1, 0.15) is 22.0 Å². The summed E-state index contributed by atoms with van der Waals surface area (Å²) in [6.07, 6.45) is 0. The van der Waals surface area contributed by atoms with E-state index in [0.717, 1.165) is 21.3 Å². The highest BCUT2D eigenvalue weighted by Gasteiger charge is 2.14. The number of rotatable bonds is 4. The van der Waals surface area contributed by atoms with Crippen molar-refractivity contribution in [1.29, 1.82) is 0 Å². The summed E-state index contributed by atoms with van der Waals surface area (Å²) in [6.45, 7) is 7.86. The average Bonchev–Trinajstić information content (AvgIpc) is 3.11. The molecule has 0 aliphatic rings. The number of hydrogen-bond donors (Lipinski definition) is 2. The van der Waals surface area contributed by atoms with Crippen molar-refractivity contribution in [3.63, 3.8) is 0 Å². The molecule has 2 N–H and O–H groups in total. The first-order valence-electron chi connectivity index (χ1n) is 8.56. The Morgan fingerprint density at radius 3 is 2.78 bits per heavy atom. The lowest BCUT2D eigenvalue weighted by atomic mass is 10.2. The van der Waals surface area contributed by atoms with E-state index in [2.05, 4.69) is 32.5 Å². The Hall–Kier alpha value is -3.00. The number of carbonyl (C=O) groups excluding carboxylic acids is 1. The molecule has 0 saturated heterocycles. The molecule has 0 radical (unpaired) electrons. The molecule has 0 aliphatic carbocycles. The van der Waals surface area contributed by atoms with E-state index in [4.69, 9.17) is 4.42 Å². The molecule has 0 unspecified atom stereocenters. The van der Waals surface area contributed by atoms with Crippen LogP contribution in [0.25, 0.3) is 21.3 Å². The monoisotopic (exact) mass is 381 g/mol. The summed E-state index contributed by atoms with van der Waals surface area (Å²) in [5.41, 5.74) is 3.24. The zero-order valence-corrected chi connectivity index (χ0v) is 16.3. The predicted octanol–water partition coefficient (Wildman–Crippen LogP) is 4.12. The minimum atomic E-state index is -0.163. The first kappa shape index (κ1) is 17.4. The molecule has 0 saturated carbocycles. The number of amides is 1. The van der Waals surface area contributed by atoms with Crippen LogP contribution in [0.5, 0.6) is 0 Å². The number of nitrogens with zero attached hydrogens (tertiary/aromatic N) is 3. The van der Waals surface area contributed by atoms with Gasteiger partial charge in [0.25, 0.3) is 0 Å². The van der Waals surface area contributed by atoms with Crippen LogP contribution in [0.2, 0.25) is 0 Å². The van der Waals surface area contributed by atoms with E-state index in [1.807, 2.05) is 13.8 Å². The van der Waals surface area contributed by atoms with Crippen LogP contribution in [0.1, 0.15) is 22.2 Å². The lowest BCUT2D eigenvalue weighted by Gasteiger charge is -2.09. The van der Waals surface area contributed by atoms with Gasteiger partial charge in [0.2, 0.25) is 5.91 Å². The summed E-state index contributed by atoms with van der Waals surface area (Å²) < 4.78 is 5.45. The first-order chi connectivity index (χ1) is 12.9. The van der Waals surface area contributed by atoms with Gasteiger partial charge in [-0.15, -0.1) is 11.3 Å². The van der Waals surface area contributed by atoms with Gasteiger partial charge >= 0.3 is 0 Å². The number of anilines is 2. The van der Waals surface area contributed by atoms with Crippen LogP contribution >= 0.6 is 11.3 Å². The van der Waals surface area contributed by atoms with Crippen molar-refractivity contribution in [2.45, 2.75) is 27.7 Å². The van der Waals surface area contributed by atoms with Crippen molar-refractivity contribution in [1.82, 2.24) is 15.0 Å². The summed E-state index contributed by atoms with van der Waals surface area (Å²) in [4.78, 5) is 27.8. The minimum absolute atomic E-state index is 0.107. The number of aromatic nitrogens is 3. The smallest absolute Gasteiger partial charge is 0.243 e. The molecule has 138 valence electrons. The molecule has 27 heavy (non-hydrogen) atoms. The number of thiophene rings is 1. The van der Waals surface area contributed by atoms with E-state index < -0.39 is 0 Å². The standard InChI is InChI=1S/C19H19N5O2S/c1-9-10(2)27-19-17(9)18(21-11(3)22-19)20-8-16(25)24-13-5-6-15-14(7-13)23-12(4)26-15/h5-7H,8H2,1-4H3,(H,24,25)(H,20,21,22). The van der Waals surface area contributed by atoms with Gasteiger partial charge in [0.15, 0.2) is 11.5 Å². The lowest BCUT2D eigenvalue weighted by Crippen LogP contribution is -2.22. The Balaban J connectivity index is 1.51. The third-order valence-corrected chi connectivity index (χ3v) is 5.44. The van der Waals surface area contributed by atoms with Crippen molar-refractivity contribution in [3.05, 3.63) is 40.4 Å². The lowest BCUT2D eigenvalue weighted by molar-refractivity contribution is -0.114. The van der Waals surface area contributed by atoms with Crippen LogP contribution in [-0.2, 0) is 4.79 Å². The Kier molecular flexibility index (Phi) is 4.27. The number of hydrogen-bond acceptors (Lipinski definition) is 7. The fourth-order valence-electron chi connectivity index (χ4n) is 2.97. The summed E-state index contributed by atoms with van der Waals surface area (Å²) in [5, 5.41) is 7.01. The van der Waals surface area contributed by atoms with Crippen molar-refractivity contribution < 1.29 is 9.21 Å². The predicted molar refractivity (Wildman–Crippen MR) is 107 cm³/mol. The molecule has 0 bridgehead atoms. The Labute approximate surface area is 159 Å². The molecule has 8 heteroatoms. The van der Waals surface area contributed by atoms with Crippen molar-refractivity contribution in [2.75, 3.05) is 17.2 Å². The number of fused-ring (bicyclic) bond motifs is 2. The van der Waals surface area contributed by atoms with E-state index in [1.54, 1.807) is 36.5 Å². The number of carbonyl (C=O) groups is 1. The first-order valence-corrected chi connectivity index (χ1v) is 9.37. The van der Waals surface area contributed by atoms with Gasteiger partial charge in [-0.1, -0.05) is 0 Å². The number of nitrogens with one attached hydrogen (secondary N) is 2. The summed E-state index contributed by atoms with van der Waals surface area (Å²) in [6, 6.07) is 5.39. The van der Waals surface area contributed by atoms with Gasteiger partial charge in [0, 0.05) is 17.5 Å². The molecule has 7 nitrogen and oxygen atoms in total. The molecule has 0 aliphatic heterocycles. The Morgan fingerprint density at radius 2 is 1.96 bits per heavy atom. The number of oxazole rings is 1. The average molecular weight is 381 g/mol. The zero-order valence-electron chi connectivity index (χ0n) is 15.5. The van der Waals surface area contributed by atoms with E-state index in [0.29, 0.717) is 28.8 Å². The van der Waals surface area contributed by atoms with Gasteiger partial charge in [-0.3, -0.25) is 4.79 Å². The summed E-state index contributed by atoms with van der Waals surface area (Å²) >= 11 is 1.64. The quantitative estimate of drug-likeness (QED) is 0.552. The molecular weight excluding hydrogens is 362 g/mol. The van der Waals surface area contributed by atoms with Gasteiger partial charge in [-0.25, -0.2) is 15.0 Å². The van der Waals surface area contributed by atoms with Crippen molar-refractivity contribution in [2.24, 2.45) is 0 Å². The highest BCUT2D eigenvalue weighted by Crippen LogP contribution is 2.33. The van der Waals surface area contributed by atoms with Crippen LogP contribution in [0.3, 0.4) is 0 Å². The maximum atomic E-state index is 12.4. The third kappa shape index (κ3) is 3.35. The van der Waals surface area contributed by atoms with E-state index in [9.17, 15) is 4.79 Å². The molecule has 0 fully saturated rings. The van der Waals surface area contributed by atoms with E-state index >= 15 is 0 Å². The van der Waals surface area contributed by atoms with Crippen LogP contribution in [0, 0.1) is 27.7 Å². The summed E-state index contributed by atoms with van der Waals surface area (Å²) in [7, 11) is 0. The minimum Gasteiger partial charge on any atom is -0.441 e. The normalized spacial score (nSPS) is 11.3. The van der Waals surface area contributed by atoms with Gasteiger partial charge < -0.3 is 15.1 Å². The molecule has 0 spiro atoms. The molecule has 4 aromatic rings. The van der Waals surface area contributed by atoms with Crippen LogP contribution in [-0.4, -0.2) is 27.4 Å². The van der Waals surface area contributed by atoms with Gasteiger partial charge in [-0.05, 0) is 44.5 Å². The third-order valence-electron chi connectivity index (χ3n) is 4.34. The maximum Gasteiger partial charge on any atom is 0.243 e. The molecular formula is C19H19N5O2S. The van der Waals surface area contributed by atoms with Crippen molar-refractivity contribution >= 4 is 50.1 Å². The molecule has 1 aromatic carbocycles. The number of aryl methyl sites for hydroxylation is 4. The second-order valence-corrected chi connectivity index (χ2v) is 7.60. The van der Waals surface area contributed by atoms with Gasteiger partial charge in [-0.2, -0.15) is 0 Å². The SMILES string of the molecule is Cc1nc(NCC(=O)Nc2ccc3oc(C)nc3c2)c2c(C)c(C)sc2n1. The summed E-state index contributed by atoms with van der Waals surface area (Å²) in [5.74, 6) is 1.80. The topological polar surface area (TPSA) is 92.9 Å². The largest absolute Gasteiger partial charge is 0.441 e. The number of benzene rings is 1. The second kappa shape index (κ2) is 6.62. The maximum absolute atomic E-state index is 12.4. The molecule has 3 heterocycles. The fourth-order valence-corrected chi connectivity index (χ4v) is 4.05. The van der Waals surface area contributed by atoms with Gasteiger partial charge in [0.05, 0.1) is 11.9 Å². The molecule has 0 atom stereocenters. The second-order valence-electron chi connectivity index (χ2n) is 6.40. The Morgan fingerprint density at radius 1 is 1.15 bits per heavy atom. The highest BCUT2D eigenvalue weighted by atomic mass is 32.1.